The van der Waals surface area contributed by atoms with E-state index in [1.54, 1.807) is 0 Å². The van der Waals surface area contributed by atoms with Gasteiger partial charge in [-0.1, -0.05) is 0 Å². The molecule has 0 aromatic carbocycles. The van der Waals surface area contributed by atoms with Gasteiger partial charge in [0.25, 0.3) is 0 Å². The van der Waals surface area contributed by atoms with Crippen LogP contribution in [0.4, 0.5) is 0 Å². The zero-order chi connectivity index (χ0) is 24.5. The highest BCUT2D eigenvalue weighted by molar-refractivity contribution is 5.96. The number of aliphatic hydroxyl groups is 2. The molecule has 0 fully saturated rings. The van der Waals surface area contributed by atoms with Crippen LogP contribution in [0.15, 0.2) is 0 Å². The number of carboxylic acids is 2. The van der Waals surface area contributed by atoms with Crippen molar-refractivity contribution in [2.75, 3.05) is 0 Å². The number of nitrogens with one attached hydrogen (secondary N) is 3. The number of primary amides is 1. The van der Waals surface area contributed by atoms with E-state index in [0.717, 1.165) is 6.92 Å². The van der Waals surface area contributed by atoms with E-state index in [9.17, 15) is 39.0 Å². The van der Waals surface area contributed by atoms with E-state index in [1.165, 1.54) is 6.92 Å². The van der Waals surface area contributed by atoms with Crippen molar-refractivity contribution >= 4 is 35.6 Å². The number of rotatable bonds is 13. The van der Waals surface area contributed by atoms with E-state index in [-0.39, 0.29) is 0 Å². The Kier molecular flexibility index (Phi) is 11.1. The minimum Gasteiger partial charge on any atom is -0.481 e. The van der Waals surface area contributed by atoms with Crippen molar-refractivity contribution in [3.8, 4) is 0 Å². The van der Waals surface area contributed by atoms with Gasteiger partial charge in [-0.3, -0.25) is 24.0 Å². The first-order chi connectivity index (χ1) is 14.2. The molecule has 0 spiro atoms. The van der Waals surface area contributed by atoms with Gasteiger partial charge in [-0.2, -0.15) is 0 Å². The Balaban J connectivity index is 5.48. The molecule has 15 heteroatoms. The zero-order valence-corrected chi connectivity index (χ0v) is 16.8. The lowest BCUT2D eigenvalue weighted by Gasteiger charge is -2.26. The third-order valence-electron chi connectivity index (χ3n) is 3.92. The topological polar surface area (TPSA) is 271 Å². The van der Waals surface area contributed by atoms with Crippen LogP contribution in [0.5, 0.6) is 0 Å². The number of carbonyl (C=O) groups excluding carboxylic acids is 4. The Morgan fingerprint density at radius 3 is 1.68 bits per heavy atom. The van der Waals surface area contributed by atoms with Crippen molar-refractivity contribution < 1.29 is 49.2 Å². The number of nitrogens with two attached hydrogens (primary N) is 2. The monoisotopic (exact) mass is 449 g/mol. The van der Waals surface area contributed by atoms with Gasteiger partial charge >= 0.3 is 11.9 Å². The molecule has 0 saturated carbocycles. The highest BCUT2D eigenvalue weighted by Crippen LogP contribution is 2.02. The number of hydrogen-bond donors (Lipinski definition) is 9. The Hall–Kier alpha value is -3.30. The minimum absolute atomic E-state index is 0.767. The van der Waals surface area contributed by atoms with Gasteiger partial charge in [0.05, 0.1) is 25.0 Å². The Labute approximate surface area is 176 Å². The van der Waals surface area contributed by atoms with Crippen LogP contribution in [0.3, 0.4) is 0 Å². The average molecular weight is 449 g/mol. The molecule has 0 rings (SSSR count). The molecule has 0 bridgehead atoms. The van der Waals surface area contributed by atoms with E-state index in [1.807, 2.05) is 16.0 Å². The largest absolute Gasteiger partial charge is 0.481 e. The van der Waals surface area contributed by atoms with Crippen molar-refractivity contribution in [3.05, 3.63) is 0 Å². The summed E-state index contributed by atoms with van der Waals surface area (Å²) in [6.45, 7) is 2.26. The maximum atomic E-state index is 12.4. The molecule has 0 aromatic heterocycles. The lowest BCUT2D eigenvalue weighted by molar-refractivity contribution is -0.145. The van der Waals surface area contributed by atoms with Gasteiger partial charge in [-0.15, -0.1) is 0 Å². The van der Waals surface area contributed by atoms with Crippen molar-refractivity contribution in [1.82, 2.24) is 16.0 Å². The van der Waals surface area contributed by atoms with Gasteiger partial charge in [0, 0.05) is 0 Å². The SMILES string of the molecule is CC(O)C(N)C(=O)NC(CC(=O)O)C(=O)NC(C(=O)NC(CC(N)=O)C(=O)O)C(C)O. The fourth-order valence-electron chi connectivity index (χ4n) is 2.19. The molecule has 31 heavy (non-hydrogen) atoms. The van der Waals surface area contributed by atoms with Gasteiger partial charge in [0.2, 0.25) is 23.6 Å². The summed E-state index contributed by atoms with van der Waals surface area (Å²) >= 11 is 0. The lowest BCUT2D eigenvalue weighted by Crippen LogP contribution is -2.60. The summed E-state index contributed by atoms with van der Waals surface area (Å²) in [4.78, 5) is 69.8. The van der Waals surface area contributed by atoms with Gasteiger partial charge in [-0.05, 0) is 13.8 Å². The second-order valence-electron chi connectivity index (χ2n) is 6.72. The van der Waals surface area contributed by atoms with Crippen LogP contribution in [0.2, 0.25) is 0 Å². The van der Waals surface area contributed by atoms with Crippen LogP contribution in [-0.2, 0) is 28.8 Å². The second kappa shape index (κ2) is 12.4. The molecule has 0 saturated heterocycles. The summed E-state index contributed by atoms with van der Waals surface area (Å²) in [5.74, 6) is -7.62. The average Bonchev–Trinajstić information content (AvgIpc) is 2.62. The van der Waals surface area contributed by atoms with Crippen molar-refractivity contribution in [1.29, 1.82) is 0 Å². The highest BCUT2D eigenvalue weighted by atomic mass is 16.4. The molecule has 15 nitrogen and oxygen atoms in total. The van der Waals surface area contributed by atoms with E-state index in [2.05, 4.69) is 0 Å². The molecule has 0 aromatic rings. The molecule has 6 atom stereocenters. The van der Waals surface area contributed by atoms with Gasteiger partial charge in [0.1, 0.15) is 24.2 Å². The molecular weight excluding hydrogens is 422 g/mol. The normalized spacial score (nSPS) is 16.5. The molecule has 0 radical (unpaired) electrons. The first-order valence-corrected chi connectivity index (χ1v) is 8.93. The summed E-state index contributed by atoms with van der Waals surface area (Å²) in [6.07, 6.45) is -4.61. The number of aliphatic hydroxyl groups excluding tert-OH is 2. The van der Waals surface area contributed by atoms with Crippen LogP contribution in [-0.4, -0.2) is 92.4 Å². The summed E-state index contributed by atoms with van der Waals surface area (Å²) in [5, 5.41) is 43.1. The van der Waals surface area contributed by atoms with Gasteiger partial charge in [-0.25, -0.2) is 4.79 Å². The number of carboxylic acid groups (broad SMARTS) is 2. The predicted octanol–water partition coefficient (Wildman–Crippen LogP) is -5.04. The maximum absolute atomic E-state index is 12.4. The predicted molar refractivity (Wildman–Crippen MR) is 101 cm³/mol. The standard InChI is InChI=1S/C16H27N5O10/c1-5(22)11(18)14(28)19-7(4-10(25)26)13(27)21-12(6(2)23)15(29)20-8(16(30)31)3-9(17)24/h5-8,11-12,22-23H,3-4,18H2,1-2H3,(H2,17,24)(H,19,28)(H,20,29)(H,21,27)(H,25,26)(H,30,31). The highest BCUT2D eigenvalue weighted by Gasteiger charge is 2.34. The molecule has 0 aliphatic carbocycles. The quantitative estimate of drug-likeness (QED) is 0.128. The van der Waals surface area contributed by atoms with Gasteiger partial charge in [0.15, 0.2) is 0 Å². The molecule has 0 aliphatic heterocycles. The molecular formula is C16H27N5O10. The molecule has 11 N–H and O–H groups in total. The van der Waals surface area contributed by atoms with Crippen LogP contribution in [0.25, 0.3) is 0 Å². The summed E-state index contributed by atoms with van der Waals surface area (Å²) in [6, 6.07) is -6.75. The van der Waals surface area contributed by atoms with E-state index in [4.69, 9.17) is 21.7 Å². The third kappa shape index (κ3) is 9.83. The molecule has 4 amide bonds. The van der Waals surface area contributed by atoms with Gasteiger partial charge < -0.3 is 47.8 Å². The maximum Gasteiger partial charge on any atom is 0.326 e. The minimum atomic E-state index is -1.78. The lowest BCUT2D eigenvalue weighted by atomic mass is 10.1. The fourth-order valence-corrected chi connectivity index (χ4v) is 2.19. The fraction of sp³-hybridized carbons (Fsp3) is 0.625. The summed E-state index contributed by atoms with van der Waals surface area (Å²) < 4.78 is 0. The van der Waals surface area contributed by atoms with Crippen molar-refractivity contribution in [2.24, 2.45) is 11.5 Å². The summed E-state index contributed by atoms with van der Waals surface area (Å²) in [5.41, 5.74) is 10.3. The van der Waals surface area contributed by atoms with Crippen LogP contribution >= 0.6 is 0 Å². The van der Waals surface area contributed by atoms with E-state index in [0.29, 0.717) is 0 Å². The Bertz CT molecular complexity index is 711. The van der Waals surface area contributed by atoms with E-state index >= 15 is 0 Å². The van der Waals surface area contributed by atoms with Crippen molar-refractivity contribution in [3.63, 3.8) is 0 Å². The summed E-state index contributed by atoms with van der Waals surface area (Å²) in [7, 11) is 0. The number of hydrogen-bond acceptors (Lipinski definition) is 9. The molecule has 0 heterocycles. The van der Waals surface area contributed by atoms with Crippen molar-refractivity contribution in [2.45, 2.75) is 63.1 Å². The van der Waals surface area contributed by atoms with Crippen LogP contribution in [0.1, 0.15) is 26.7 Å². The second-order valence-corrected chi connectivity index (χ2v) is 6.72. The third-order valence-corrected chi connectivity index (χ3v) is 3.92. The number of aliphatic carboxylic acids is 2. The molecule has 6 unspecified atom stereocenters. The van der Waals surface area contributed by atoms with Crippen LogP contribution < -0.4 is 27.4 Å². The Morgan fingerprint density at radius 1 is 0.774 bits per heavy atom. The van der Waals surface area contributed by atoms with Crippen LogP contribution in [0, 0.1) is 0 Å². The zero-order valence-electron chi connectivity index (χ0n) is 16.8. The Morgan fingerprint density at radius 2 is 1.29 bits per heavy atom. The molecule has 0 aliphatic rings. The first kappa shape index (κ1) is 27.7. The number of amides is 4. The number of carbonyl (C=O) groups is 6. The first-order valence-electron chi connectivity index (χ1n) is 8.93. The smallest absolute Gasteiger partial charge is 0.326 e. The molecule has 176 valence electrons. The van der Waals surface area contributed by atoms with E-state index < -0.39 is 84.8 Å².